The SMILES string of the molecule is CCCCCN1CCNCC1.O=C(C=Cc1ccccc1)c1ccccc1. The van der Waals surface area contributed by atoms with Crippen LogP contribution in [0.4, 0.5) is 0 Å². The predicted molar refractivity (Wildman–Crippen MR) is 115 cm³/mol. The van der Waals surface area contributed by atoms with Crippen molar-refractivity contribution in [2.45, 2.75) is 26.2 Å². The lowest BCUT2D eigenvalue weighted by molar-refractivity contribution is 0.104. The third-order valence-electron chi connectivity index (χ3n) is 4.57. The van der Waals surface area contributed by atoms with Gasteiger partial charge in [-0.25, -0.2) is 0 Å². The number of piperazine rings is 1. The van der Waals surface area contributed by atoms with Gasteiger partial charge in [0.25, 0.3) is 0 Å². The zero-order chi connectivity index (χ0) is 19.2. The molecule has 2 aromatic rings. The van der Waals surface area contributed by atoms with Crippen molar-refractivity contribution in [2.75, 3.05) is 32.7 Å². The van der Waals surface area contributed by atoms with E-state index in [0.717, 1.165) is 11.1 Å². The molecule has 0 saturated carbocycles. The fourth-order valence-corrected chi connectivity index (χ4v) is 2.95. The molecule has 1 saturated heterocycles. The number of unbranched alkanes of at least 4 members (excludes halogenated alkanes) is 2. The highest BCUT2D eigenvalue weighted by Crippen LogP contribution is 2.05. The van der Waals surface area contributed by atoms with E-state index in [-0.39, 0.29) is 5.78 Å². The van der Waals surface area contributed by atoms with Gasteiger partial charge in [-0.2, -0.15) is 0 Å². The second kappa shape index (κ2) is 13.0. The van der Waals surface area contributed by atoms with Crippen LogP contribution in [-0.4, -0.2) is 43.4 Å². The molecule has 27 heavy (non-hydrogen) atoms. The molecule has 3 rings (SSSR count). The summed E-state index contributed by atoms with van der Waals surface area (Å²) in [5, 5.41) is 3.36. The van der Waals surface area contributed by atoms with Crippen molar-refractivity contribution >= 4 is 11.9 Å². The van der Waals surface area contributed by atoms with Gasteiger partial charge in [-0.05, 0) is 24.6 Å². The van der Waals surface area contributed by atoms with E-state index in [1.165, 1.54) is 52.0 Å². The fraction of sp³-hybridized carbons (Fsp3) is 0.375. The molecule has 1 aliphatic heterocycles. The Kier molecular flexibility index (Phi) is 10.2. The number of carbonyl (C=O) groups excluding carboxylic acids is 1. The first-order chi connectivity index (χ1) is 13.3. The van der Waals surface area contributed by atoms with Crippen molar-refractivity contribution in [3.63, 3.8) is 0 Å². The first kappa shape index (κ1) is 21.1. The zero-order valence-corrected chi connectivity index (χ0v) is 16.4. The molecular weight excluding hydrogens is 332 g/mol. The maximum absolute atomic E-state index is 11.7. The minimum absolute atomic E-state index is 0.0319. The summed E-state index contributed by atoms with van der Waals surface area (Å²) in [7, 11) is 0. The number of benzene rings is 2. The van der Waals surface area contributed by atoms with Gasteiger partial charge in [0.15, 0.2) is 5.78 Å². The van der Waals surface area contributed by atoms with Crippen LogP contribution in [-0.2, 0) is 0 Å². The van der Waals surface area contributed by atoms with E-state index >= 15 is 0 Å². The Bertz CT molecular complexity index is 661. The smallest absolute Gasteiger partial charge is 0.185 e. The van der Waals surface area contributed by atoms with Crippen LogP contribution in [0.3, 0.4) is 0 Å². The Morgan fingerprint density at radius 3 is 2.22 bits per heavy atom. The Morgan fingerprint density at radius 2 is 1.59 bits per heavy atom. The number of nitrogens with one attached hydrogen (secondary N) is 1. The molecule has 2 aromatic carbocycles. The number of hydrogen-bond acceptors (Lipinski definition) is 3. The highest BCUT2D eigenvalue weighted by atomic mass is 16.1. The Labute approximate surface area is 164 Å². The molecule has 0 bridgehead atoms. The van der Waals surface area contributed by atoms with Crippen LogP contribution in [0.15, 0.2) is 66.7 Å². The van der Waals surface area contributed by atoms with Crippen LogP contribution in [0.5, 0.6) is 0 Å². The molecule has 0 amide bonds. The Morgan fingerprint density at radius 1 is 0.963 bits per heavy atom. The van der Waals surface area contributed by atoms with E-state index in [2.05, 4.69) is 17.1 Å². The molecule has 1 heterocycles. The standard InChI is InChI=1S/C15H12O.C9H20N2/c16-15(14-9-5-2-6-10-14)12-11-13-7-3-1-4-8-13;1-2-3-4-7-11-8-5-10-6-9-11/h1-12H;10H,2-9H2,1H3. The second-order valence-corrected chi connectivity index (χ2v) is 6.77. The minimum atomic E-state index is 0.0319. The number of rotatable bonds is 7. The minimum Gasteiger partial charge on any atom is -0.314 e. The van der Waals surface area contributed by atoms with Gasteiger partial charge in [0, 0.05) is 31.7 Å². The van der Waals surface area contributed by atoms with E-state index in [9.17, 15) is 4.79 Å². The Hall–Kier alpha value is -2.23. The zero-order valence-electron chi connectivity index (χ0n) is 16.4. The number of carbonyl (C=O) groups is 1. The van der Waals surface area contributed by atoms with Crippen LogP contribution in [0.25, 0.3) is 6.08 Å². The van der Waals surface area contributed by atoms with E-state index in [4.69, 9.17) is 0 Å². The highest BCUT2D eigenvalue weighted by molar-refractivity contribution is 6.06. The van der Waals surface area contributed by atoms with Gasteiger partial charge >= 0.3 is 0 Å². The summed E-state index contributed by atoms with van der Waals surface area (Å²) in [6.45, 7) is 8.46. The third kappa shape index (κ3) is 8.80. The monoisotopic (exact) mass is 364 g/mol. The average molecular weight is 365 g/mol. The maximum atomic E-state index is 11.7. The third-order valence-corrected chi connectivity index (χ3v) is 4.57. The molecule has 0 aromatic heterocycles. The van der Waals surface area contributed by atoms with Crippen molar-refractivity contribution in [1.82, 2.24) is 10.2 Å². The largest absolute Gasteiger partial charge is 0.314 e. The molecule has 0 atom stereocenters. The molecule has 0 unspecified atom stereocenters. The van der Waals surface area contributed by atoms with Crippen molar-refractivity contribution in [2.24, 2.45) is 0 Å². The quantitative estimate of drug-likeness (QED) is 0.440. The van der Waals surface area contributed by atoms with Gasteiger partial charge in [-0.1, -0.05) is 86.5 Å². The van der Waals surface area contributed by atoms with Gasteiger partial charge in [-0.3, -0.25) is 4.79 Å². The summed E-state index contributed by atoms with van der Waals surface area (Å²) in [4.78, 5) is 14.3. The van der Waals surface area contributed by atoms with Crippen LogP contribution in [0.2, 0.25) is 0 Å². The summed E-state index contributed by atoms with van der Waals surface area (Å²) in [5.41, 5.74) is 1.75. The second-order valence-electron chi connectivity index (χ2n) is 6.77. The molecule has 3 heteroatoms. The molecule has 144 valence electrons. The average Bonchev–Trinajstić information content (AvgIpc) is 2.75. The summed E-state index contributed by atoms with van der Waals surface area (Å²) >= 11 is 0. The lowest BCUT2D eigenvalue weighted by Crippen LogP contribution is -2.43. The lowest BCUT2D eigenvalue weighted by Gasteiger charge is -2.26. The molecule has 1 aliphatic rings. The summed E-state index contributed by atoms with van der Waals surface area (Å²) < 4.78 is 0. The number of allylic oxidation sites excluding steroid dienone is 1. The normalized spacial score (nSPS) is 14.6. The first-order valence-corrected chi connectivity index (χ1v) is 10.0. The van der Waals surface area contributed by atoms with Crippen molar-refractivity contribution in [3.05, 3.63) is 77.9 Å². The van der Waals surface area contributed by atoms with E-state index in [1.807, 2.05) is 66.7 Å². The molecule has 0 aliphatic carbocycles. The molecule has 0 radical (unpaired) electrons. The molecule has 3 nitrogen and oxygen atoms in total. The highest BCUT2D eigenvalue weighted by Gasteiger charge is 2.07. The van der Waals surface area contributed by atoms with Gasteiger partial charge in [-0.15, -0.1) is 0 Å². The van der Waals surface area contributed by atoms with Gasteiger partial charge in [0.05, 0.1) is 0 Å². The number of hydrogen-bond donors (Lipinski definition) is 1. The topological polar surface area (TPSA) is 32.3 Å². The predicted octanol–water partition coefficient (Wildman–Crippen LogP) is 4.66. The van der Waals surface area contributed by atoms with E-state index in [1.54, 1.807) is 6.08 Å². The van der Waals surface area contributed by atoms with Crippen LogP contribution in [0.1, 0.15) is 42.1 Å². The van der Waals surface area contributed by atoms with Crippen LogP contribution >= 0.6 is 0 Å². The van der Waals surface area contributed by atoms with Gasteiger partial charge < -0.3 is 10.2 Å². The number of ketones is 1. The van der Waals surface area contributed by atoms with Crippen molar-refractivity contribution in [3.8, 4) is 0 Å². The van der Waals surface area contributed by atoms with Crippen molar-refractivity contribution < 1.29 is 4.79 Å². The van der Waals surface area contributed by atoms with Crippen molar-refractivity contribution in [1.29, 1.82) is 0 Å². The van der Waals surface area contributed by atoms with Gasteiger partial charge in [0.1, 0.15) is 0 Å². The van der Waals surface area contributed by atoms with Crippen LogP contribution in [0, 0.1) is 0 Å². The molecule has 1 fully saturated rings. The fourth-order valence-electron chi connectivity index (χ4n) is 2.95. The summed E-state index contributed by atoms with van der Waals surface area (Å²) in [5.74, 6) is 0.0319. The Balaban J connectivity index is 0.000000208. The van der Waals surface area contributed by atoms with E-state index in [0.29, 0.717) is 0 Å². The van der Waals surface area contributed by atoms with Crippen LogP contribution < -0.4 is 5.32 Å². The molecular formula is C24H32N2O. The summed E-state index contributed by atoms with van der Waals surface area (Å²) in [6, 6.07) is 19.1. The first-order valence-electron chi connectivity index (χ1n) is 10.0. The lowest BCUT2D eigenvalue weighted by atomic mass is 10.1. The van der Waals surface area contributed by atoms with E-state index < -0.39 is 0 Å². The van der Waals surface area contributed by atoms with Gasteiger partial charge in [0.2, 0.25) is 0 Å². The molecule has 0 spiro atoms. The maximum Gasteiger partial charge on any atom is 0.185 e. The molecule has 1 N–H and O–H groups in total. The summed E-state index contributed by atoms with van der Waals surface area (Å²) in [6.07, 6.45) is 7.55. The number of nitrogens with zero attached hydrogens (tertiary/aromatic N) is 1.